The third-order valence-electron chi connectivity index (χ3n) is 4.82. The number of hydrogen-bond donors (Lipinski definition) is 1. The predicted molar refractivity (Wildman–Crippen MR) is 108 cm³/mol. The average Bonchev–Trinajstić information content (AvgIpc) is 2.71. The molecule has 1 saturated heterocycles. The summed E-state index contributed by atoms with van der Waals surface area (Å²) in [5.74, 6) is 0.518. The van der Waals surface area contributed by atoms with Gasteiger partial charge in [-0.2, -0.15) is 4.31 Å². The number of carbonyl (C=O) groups excluding carboxylic acids is 1. The zero-order chi connectivity index (χ0) is 20.0. The molecule has 6 nitrogen and oxygen atoms in total. The predicted octanol–water partition coefficient (Wildman–Crippen LogP) is 2.70. The van der Waals surface area contributed by atoms with Crippen molar-refractivity contribution in [1.82, 2.24) is 9.62 Å². The van der Waals surface area contributed by atoms with Gasteiger partial charge in [-0.25, -0.2) is 8.42 Å². The second-order valence-electron chi connectivity index (χ2n) is 7.02. The van der Waals surface area contributed by atoms with E-state index in [1.165, 1.54) is 4.31 Å². The van der Waals surface area contributed by atoms with Gasteiger partial charge in [-0.3, -0.25) is 4.79 Å². The van der Waals surface area contributed by atoms with E-state index in [-0.39, 0.29) is 5.91 Å². The zero-order valence-corrected chi connectivity index (χ0v) is 16.8. The highest BCUT2D eigenvalue weighted by Crippen LogP contribution is 2.20. The van der Waals surface area contributed by atoms with Crippen molar-refractivity contribution in [3.8, 4) is 5.75 Å². The Morgan fingerprint density at radius 1 is 1.07 bits per heavy atom. The summed E-state index contributed by atoms with van der Waals surface area (Å²) in [7, 11) is -3.38. The molecule has 1 N–H and O–H groups in total. The number of carbonyl (C=O) groups is 1. The van der Waals surface area contributed by atoms with E-state index in [0.29, 0.717) is 26.1 Å². The summed E-state index contributed by atoms with van der Waals surface area (Å²) in [6, 6.07) is 16.9. The molecule has 1 heterocycles. The third-order valence-corrected chi connectivity index (χ3v) is 6.11. The minimum atomic E-state index is -3.38. The Bertz CT molecular complexity index is 882. The molecule has 28 heavy (non-hydrogen) atoms. The first kappa shape index (κ1) is 20.4. The molecule has 1 aliphatic heterocycles. The van der Waals surface area contributed by atoms with Crippen LogP contribution >= 0.6 is 0 Å². The normalized spacial score (nSPS) is 17.8. The molecule has 2 aromatic rings. The quantitative estimate of drug-likeness (QED) is 0.773. The Hall–Kier alpha value is -2.38. The van der Waals surface area contributed by atoms with E-state index in [4.69, 9.17) is 4.74 Å². The molecule has 1 fully saturated rings. The monoisotopic (exact) mass is 402 g/mol. The maximum Gasteiger partial charge on any atom is 0.238 e. The largest absolute Gasteiger partial charge is 0.489 e. The Morgan fingerprint density at radius 2 is 1.79 bits per heavy atom. The van der Waals surface area contributed by atoms with Gasteiger partial charge in [0.2, 0.25) is 15.9 Å². The zero-order valence-electron chi connectivity index (χ0n) is 16.0. The molecule has 3 rings (SSSR count). The maximum absolute atomic E-state index is 12.5. The highest BCUT2D eigenvalue weighted by molar-refractivity contribution is 7.88. The number of nitrogens with one attached hydrogen (secondary N) is 1. The molecule has 1 unspecified atom stereocenters. The molecule has 0 spiro atoms. The summed E-state index contributed by atoms with van der Waals surface area (Å²) >= 11 is 0. The van der Waals surface area contributed by atoms with Gasteiger partial charge in [0, 0.05) is 13.1 Å². The Balaban J connectivity index is 1.52. The molecule has 0 aromatic heterocycles. The number of ether oxygens (including phenoxy) is 1. The van der Waals surface area contributed by atoms with Gasteiger partial charge in [0.25, 0.3) is 0 Å². The number of nitrogens with zero attached hydrogens (tertiary/aromatic N) is 1. The van der Waals surface area contributed by atoms with Crippen LogP contribution in [0.3, 0.4) is 0 Å². The van der Waals surface area contributed by atoms with Gasteiger partial charge in [-0.05, 0) is 36.1 Å². The molecule has 0 radical (unpaired) electrons. The van der Waals surface area contributed by atoms with Gasteiger partial charge in [-0.1, -0.05) is 48.9 Å². The van der Waals surface area contributed by atoms with Gasteiger partial charge < -0.3 is 10.1 Å². The van der Waals surface area contributed by atoms with E-state index < -0.39 is 16.1 Å². The van der Waals surface area contributed by atoms with Crippen molar-refractivity contribution in [3.05, 3.63) is 65.7 Å². The minimum absolute atomic E-state index is 0.241. The SMILES string of the molecule is CS(=O)(=O)N1CCCCC1C(=O)NCc1ccc(OCc2ccccc2)cc1. The fraction of sp³-hybridized carbons (Fsp3) is 0.381. The van der Waals surface area contributed by atoms with E-state index in [0.717, 1.165) is 36.0 Å². The van der Waals surface area contributed by atoms with Crippen LogP contribution in [0.25, 0.3) is 0 Å². The van der Waals surface area contributed by atoms with Crippen molar-refractivity contribution in [3.63, 3.8) is 0 Å². The summed E-state index contributed by atoms with van der Waals surface area (Å²) in [6.07, 6.45) is 3.37. The number of benzene rings is 2. The van der Waals surface area contributed by atoms with Crippen molar-refractivity contribution in [2.45, 2.75) is 38.5 Å². The lowest BCUT2D eigenvalue weighted by Gasteiger charge is -2.32. The first-order chi connectivity index (χ1) is 13.4. The molecule has 0 saturated carbocycles. The van der Waals surface area contributed by atoms with Crippen molar-refractivity contribution in [1.29, 1.82) is 0 Å². The fourth-order valence-electron chi connectivity index (χ4n) is 3.32. The second-order valence-corrected chi connectivity index (χ2v) is 8.96. The van der Waals surface area contributed by atoms with E-state index in [1.807, 2.05) is 54.6 Å². The average molecular weight is 403 g/mol. The molecule has 1 amide bonds. The summed E-state index contributed by atoms with van der Waals surface area (Å²) < 4.78 is 30.9. The summed E-state index contributed by atoms with van der Waals surface area (Å²) in [5.41, 5.74) is 2.03. The number of sulfonamides is 1. The van der Waals surface area contributed by atoms with Crippen LogP contribution in [0.1, 0.15) is 30.4 Å². The van der Waals surface area contributed by atoms with Crippen LogP contribution in [-0.4, -0.2) is 37.5 Å². The standard InChI is InChI=1S/C21H26N2O4S/c1-28(25,26)23-14-6-5-9-20(23)21(24)22-15-17-10-12-19(13-11-17)27-16-18-7-3-2-4-8-18/h2-4,7-8,10-13,20H,5-6,9,14-16H2,1H3,(H,22,24). The first-order valence-corrected chi connectivity index (χ1v) is 11.3. The number of amides is 1. The van der Waals surface area contributed by atoms with Gasteiger partial charge in [0.05, 0.1) is 6.26 Å². The van der Waals surface area contributed by atoms with Crippen LogP contribution < -0.4 is 10.1 Å². The van der Waals surface area contributed by atoms with E-state index >= 15 is 0 Å². The molecule has 2 aromatic carbocycles. The molecular formula is C21H26N2O4S. The van der Waals surface area contributed by atoms with Crippen LogP contribution in [0, 0.1) is 0 Å². The Labute approximate surface area is 166 Å². The van der Waals surface area contributed by atoms with Gasteiger partial charge in [0.1, 0.15) is 18.4 Å². The van der Waals surface area contributed by atoms with Crippen LogP contribution in [0.2, 0.25) is 0 Å². The molecule has 1 aliphatic rings. The lowest BCUT2D eigenvalue weighted by atomic mass is 10.0. The number of rotatable bonds is 7. The van der Waals surface area contributed by atoms with Gasteiger partial charge in [0.15, 0.2) is 0 Å². The number of hydrogen-bond acceptors (Lipinski definition) is 4. The summed E-state index contributed by atoms with van der Waals surface area (Å²) in [4.78, 5) is 12.5. The Kier molecular flexibility index (Phi) is 6.70. The topological polar surface area (TPSA) is 75.7 Å². The van der Waals surface area contributed by atoms with Crippen molar-refractivity contribution in [2.75, 3.05) is 12.8 Å². The molecule has 7 heteroatoms. The highest BCUT2D eigenvalue weighted by Gasteiger charge is 2.34. The smallest absolute Gasteiger partial charge is 0.238 e. The minimum Gasteiger partial charge on any atom is -0.489 e. The number of piperidine rings is 1. The van der Waals surface area contributed by atoms with E-state index in [2.05, 4.69) is 5.32 Å². The lowest BCUT2D eigenvalue weighted by molar-refractivity contribution is -0.125. The van der Waals surface area contributed by atoms with E-state index in [1.54, 1.807) is 0 Å². The third kappa shape index (κ3) is 5.56. The van der Waals surface area contributed by atoms with Crippen molar-refractivity contribution < 1.29 is 17.9 Å². The highest BCUT2D eigenvalue weighted by atomic mass is 32.2. The van der Waals surface area contributed by atoms with Crippen LogP contribution in [0.4, 0.5) is 0 Å². The summed E-state index contributed by atoms with van der Waals surface area (Å²) in [5, 5.41) is 2.86. The van der Waals surface area contributed by atoms with Crippen LogP contribution in [0.5, 0.6) is 5.75 Å². The molecule has 0 bridgehead atoms. The first-order valence-electron chi connectivity index (χ1n) is 9.44. The van der Waals surface area contributed by atoms with Gasteiger partial charge in [-0.15, -0.1) is 0 Å². The second kappa shape index (κ2) is 9.21. The molecular weight excluding hydrogens is 376 g/mol. The lowest BCUT2D eigenvalue weighted by Crippen LogP contribution is -2.51. The summed E-state index contributed by atoms with van der Waals surface area (Å²) in [6.45, 7) is 1.26. The fourth-order valence-corrected chi connectivity index (χ4v) is 4.44. The van der Waals surface area contributed by atoms with E-state index in [9.17, 15) is 13.2 Å². The van der Waals surface area contributed by atoms with Crippen molar-refractivity contribution in [2.24, 2.45) is 0 Å². The van der Waals surface area contributed by atoms with Crippen molar-refractivity contribution >= 4 is 15.9 Å². The van der Waals surface area contributed by atoms with Crippen LogP contribution in [0.15, 0.2) is 54.6 Å². The molecule has 0 aliphatic carbocycles. The Morgan fingerprint density at radius 3 is 2.46 bits per heavy atom. The maximum atomic E-state index is 12.5. The van der Waals surface area contributed by atoms with Gasteiger partial charge >= 0.3 is 0 Å². The molecule has 1 atom stereocenters. The molecule has 150 valence electrons. The van der Waals surface area contributed by atoms with Crippen LogP contribution in [-0.2, 0) is 28.0 Å².